The number of methoxy groups -OCH3 is 1. The van der Waals surface area contributed by atoms with Crippen LogP contribution in [0.5, 0.6) is 0 Å². The summed E-state index contributed by atoms with van der Waals surface area (Å²) in [4.78, 5) is 45.3. The molecule has 0 aromatic carbocycles. The van der Waals surface area contributed by atoms with E-state index in [1.54, 1.807) is 44.9 Å². The topological polar surface area (TPSA) is 147 Å². The van der Waals surface area contributed by atoms with Crippen LogP contribution in [0.4, 0.5) is 0 Å². The van der Waals surface area contributed by atoms with E-state index in [1.807, 2.05) is 32.0 Å². The number of unbranched alkanes of at least 4 members (excludes halogenated alkanes) is 7. The van der Waals surface area contributed by atoms with Crippen LogP contribution in [0, 0.1) is 16.2 Å². The molecule has 1 aromatic rings. The lowest BCUT2D eigenvalue weighted by atomic mass is 9.65. The van der Waals surface area contributed by atoms with E-state index in [0.717, 1.165) is 24.3 Å². The Morgan fingerprint density at radius 2 is 1.05 bits per heavy atom. The molecule has 0 fully saturated rings. The molecule has 0 radical (unpaired) electrons. The Hall–Kier alpha value is -1.98. The maximum atomic E-state index is 14.0. The Morgan fingerprint density at radius 1 is 0.559 bits per heavy atom. The van der Waals surface area contributed by atoms with Gasteiger partial charge in [0.2, 0.25) is 0 Å². The fourth-order valence-corrected chi connectivity index (χ4v) is 8.09. The van der Waals surface area contributed by atoms with E-state index >= 15 is 0 Å². The van der Waals surface area contributed by atoms with Gasteiger partial charge in [-0.2, -0.15) is 0 Å². The zero-order valence-corrected chi connectivity index (χ0v) is 39.0. The standard InChI is InChI=1S/C44H77NO12S2/c1-8-10-11-12-13-14-15-18-21-55-41(48)44(6,36-42(3,4)39(46)57-34-35-58-59-38-19-16-17-20-45-38)37-43(5,9-2)40(47)56-33-32-54-31-30-53-29-28-52-27-26-51-25-24-50-23-22-49-7/h16-17,19-20H,8-15,18,21-37H2,1-7H3. The van der Waals surface area contributed by atoms with Crippen LogP contribution >= 0.6 is 21.6 Å². The fourth-order valence-electron chi connectivity index (χ4n) is 6.39. The van der Waals surface area contributed by atoms with Crippen LogP contribution in [0.1, 0.15) is 112 Å². The predicted octanol–water partition coefficient (Wildman–Crippen LogP) is 8.55. The van der Waals surface area contributed by atoms with Gasteiger partial charge in [0.25, 0.3) is 0 Å². The van der Waals surface area contributed by atoms with Crippen molar-refractivity contribution in [1.82, 2.24) is 4.98 Å². The molecule has 13 nitrogen and oxygen atoms in total. The van der Waals surface area contributed by atoms with Crippen molar-refractivity contribution < 1.29 is 57.0 Å². The molecule has 0 saturated heterocycles. The van der Waals surface area contributed by atoms with Crippen LogP contribution in [-0.2, 0) is 57.0 Å². The number of rotatable bonds is 40. The second-order valence-corrected chi connectivity index (χ2v) is 18.2. The van der Waals surface area contributed by atoms with Gasteiger partial charge in [-0.3, -0.25) is 14.4 Å². The second-order valence-electron chi connectivity index (χ2n) is 15.7. The van der Waals surface area contributed by atoms with Crippen molar-refractivity contribution in [3.63, 3.8) is 0 Å². The maximum absolute atomic E-state index is 14.0. The summed E-state index contributed by atoms with van der Waals surface area (Å²) in [6, 6.07) is 5.72. The Kier molecular flexibility index (Phi) is 32.3. The summed E-state index contributed by atoms with van der Waals surface area (Å²) in [6.07, 6.45) is 11.5. The van der Waals surface area contributed by atoms with E-state index in [1.165, 1.54) is 42.9 Å². The van der Waals surface area contributed by atoms with Gasteiger partial charge < -0.3 is 42.6 Å². The molecule has 342 valence electrons. The smallest absolute Gasteiger partial charge is 0.311 e. The van der Waals surface area contributed by atoms with Crippen molar-refractivity contribution in [3.05, 3.63) is 24.4 Å². The van der Waals surface area contributed by atoms with Crippen LogP contribution in [-0.4, -0.2) is 128 Å². The average molecular weight is 876 g/mol. The van der Waals surface area contributed by atoms with E-state index in [9.17, 15) is 14.4 Å². The van der Waals surface area contributed by atoms with Crippen molar-refractivity contribution in [1.29, 1.82) is 0 Å². The van der Waals surface area contributed by atoms with Crippen LogP contribution in [0.3, 0.4) is 0 Å². The monoisotopic (exact) mass is 875 g/mol. The molecule has 1 aromatic heterocycles. The molecule has 0 aliphatic rings. The third-order valence-electron chi connectivity index (χ3n) is 9.72. The zero-order chi connectivity index (χ0) is 43.5. The molecule has 1 rings (SSSR count). The van der Waals surface area contributed by atoms with E-state index in [0.29, 0.717) is 84.8 Å². The molecule has 0 spiro atoms. The Bertz CT molecular complexity index is 1210. The first kappa shape index (κ1) is 55.0. The van der Waals surface area contributed by atoms with E-state index in [4.69, 9.17) is 42.6 Å². The van der Waals surface area contributed by atoms with E-state index in [-0.39, 0.29) is 32.7 Å². The minimum absolute atomic E-state index is 0.0585. The number of hydrogen-bond acceptors (Lipinski definition) is 15. The van der Waals surface area contributed by atoms with E-state index in [2.05, 4.69) is 11.9 Å². The van der Waals surface area contributed by atoms with Crippen molar-refractivity contribution in [2.24, 2.45) is 16.2 Å². The number of esters is 3. The number of nitrogens with zero attached hydrogens (tertiary/aromatic N) is 1. The third kappa shape index (κ3) is 26.9. The summed E-state index contributed by atoms with van der Waals surface area (Å²) in [5, 5.41) is 0.883. The van der Waals surface area contributed by atoms with Crippen LogP contribution in [0.25, 0.3) is 0 Å². The lowest BCUT2D eigenvalue weighted by molar-refractivity contribution is -0.169. The minimum Gasteiger partial charge on any atom is -0.465 e. The first-order valence-corrected chi connectivity index (χ1v) is 23.9. The van der Waals surface area contributed by atoms with Crippen LogP contribution < -0.4 is 0 Å². The summed E-state index contributed by atoms with van der Waals surface area (Å²) in [7, 11) is 4.71. The quantitative estimate of drug-likeness (QED) is 0.0268. The third-order valence-corrected chi connectivity index (χ3v) is 12.0. The summed E-state index contributed by atoms with van der Waals surface area (Å²) in [6.45, 7) is 16.7. The van der Waals surface area contributed by atoms with Crippen LogP contribution in [0.15, 0.2) is 29.4 Å². The van der Waals surface area contributed by atoms with Gasteiger partial charge in [0.15, 0.2) is 0 Å². The molecule has 0 bridgehead atoms. The summed E-state index contributed by atoms with van der Waals surface area (Å²) < 4.78 is 49.7. The molecule has 15 heteroatoms. The van der Waals surface area contributed by atoms with Gasteiger partial charge in [-0.1, -0.05) is 75.7 Å². The number of carbonyl (C=O) groups is 3. The molecule has 0 aliphatic carbocycles. The van der Waals surface area contributed by atoms with Gasteiger partial charge in [-0.05, 0) is 76.3 Å². The molecule has 2 unspecified atom stereocenters. The predicted molar refractivity (Wildman–Crippen MR) is 234 cm³/mol. The van der Waals surface area contributed by atoms with E-state index < -0.39 is 34.2 Å². The molecular formula is C44H77NO12S2. The number of pyridine rings is 1. The highest BCUT2D eigenvalue weighted by molar-refractivity contribution is 8.76. The molecule has 2 atom stereocenters. The lowest BCUT2D eigenvalue weighted by Gasteiger charge is -2.39. The molecule has 0 saturated carbocycles. The van der Waals surface area contributed by atoms with Gasteiger partial charge in [0.05, 0.1) is 95.5 Å². The zero-order valence-electron chi connectivity index (χ0n) is 37.4. The first-order valence-electron chi connectivity index (χ1n) is 21.5. The Morgan fingerprint density at radius 3 is 1.58 bits per heavy atom. The van der Waals surface area contributed by atoms with Crippen molar-refractivity contribution >= 4 is 39.5 Å². The number of aromatic nitrogens is 1. The molecule has 0 amide bonds. The number of hydrogen-bond donors (Lipinski definition) is 0. The lowest BCUT2D eigenvalue weighted by Crippen LogP contribution is -2.44. The molecule has 1 heterocycles. The number of carbonyl (C=O) groups excluding carboxylic acids is 3. The largest absolute Gasteiger partial charge is 0.465 e. The first-order chi connectivity index (χ1) is 28.4. The highest BCUT2D eigenvalue weighted by atomic mass is 33.1. The SMILES string of the molecule is CCCCCCCCCCOC(=O)C(C)(CC(C)(C)C(=O)OCCSSc1ccccn1)CC(C)(CC)C(=O)OCCOCCOCCOCCOCCOCCOC. The summed E-state index contributed by atoms with van der Waals surface area (Å²) >= 11 is 0. The normalized spacial score (nSPS) is 13.7. The Balaban J connectivity index is 2.61. The van der Waals surface area contributed by atoms with Crippen molar-refractivity contribution in [2.75, 3.05) is 105 Å². The second kappa shape index (κ2) is 34.6. The van der Waals surface area contributed by atoms with Crippen molar-refractivity contribution in [3.8, 4) is 0 Å². The van der Waals surface area contributed by atoms with Gasteiger partial charge in [-0.15, -0.1) is 0 Å². The highest BCUT2D eigenvalue weighted by Crippen LogP contribution is 2.46. The Labute approximate surface area is 363 Å². The van der Waals surface area contributed by atoms with Crippen molar-refractivity contribution in [2.45, 2.75) is 117 Å². The van der Waals surface area contributed by atoms with Gasteiger partial charge in [0, 0.05) is 19.1 Å². The molecule has 0 aliphatic heterocycles. The van der Waals surface area contributed by atoms with Gasteiger partial charge in [0.1, 0.15) is 18.2 Å². The average Bonchev–Trinajstić information content (AvgIpc) is 3.22. The van der Waals surface area contributed by atoms with Gasteiger partial charge >= 0.3 is 17.9 Å². The molecule has 59 heavy (non-hydrogen) atoms. The number of ether oxygens (including phenoxy) is 9. The molecule has 0 N–H and O–H groups in total. The van der Waals surface area contributed by atoms with Gasteiger partial charge in [-0.25, -0.2) is 4.98 Å². The highest BCUT2D eigenvalue weighted by Gasteiger charge is 2.50. The maximum Gasteiger partial charge on any atom is 0.311 e. The summed E-state index contributed by atoms with van der Waals surface area (Å²) in [5.41, 5.74) is -3.21. The van der Waals surface area contributed by atoms with Crippen LogP contribution in [0.2, 0.25) is 0 Å². The molecular weight excluding hydrogens is 799 g/mol. The fraction of sp³-hybridized carbons (Fsp3) is 0.818. The summed E-state index contributed by atoms with van der Waals surface area (Å²) in [5.74, 6) is -0.669. The minimum atomic E-state index is -1.17.